The summed E-state index contributed by atoms with van der Waals surface area (Å²) >= 11 is 0. The molecule has 222 valence electrons. The second kappa shape index (κ2) is 11.2. The summed E-state index contributed by atoms with van der Waals surface area (Å²) < 4.78 is 65.8. The Hall–Kier alpha value is -4.13. The third-order valence-corrected chi connectivity index (χ3v) is 9.79. The molecule has 0 unspecified atom stereocenters. The molecule has 7 rings (SSSR count). The molecule has 1 N–H and O–H groups in total. The number of nitrogens with zero attached hydrogens (tertiary/aromatic N) is 5. The molecular formula is C31H30F2N6O3S. The van der Waals surface area contributed by atoms with Gasteiger partial charge in [-0.25, -0.2) is 22.2 Å². The number of nitrogens with one attached hydrogen (secondary N) is 1. The first-order chi connectivity index (χ1) is 20.8. The highest BCUT2D eigenvalue weighted by molar-refractivity contribution is 7.93. The molecule has 0 atom stereocenters. The molecule has 2 fully saturated rings. The van der Waals surface area contributed by atoms with Gasteiger partial charge in [0.1, 0.15) is 18.0 Å². The number of sulfonamides is 1. The molecule has 0 spiro atoms. The molecule has 3 heterocycles. The molecule has 1 saturated carbocycles. The van der Waals surface area contributed by atoms with Crippen LogP contribution in [0.4, 0.5) is 14.5 Å². The summed E-state index contributed by atoms with van der Waals surface area (Å²) in [4.78, 5) is 6.98. The molecule has 0 radical (unpaired) electrons. The fourth-order valence-corrected chi connectivity index (χ4v) is 6.79. The molecule has 12 heteroatoms. The lowest BCUT2D eigenvalue weighted by molar-refractivity contribution is 0.0360. The number of hydrogen-bond donors (Lipinski definition) is 1. The van der Waals surface area contributed by atoms with E-state index in [0.29, 0.717) is 29.8 Å². The first-order valence-corrected chi connectivity index (χ1v) is 15.8. The van der Waals surface area contributed by atoms with Crippen molar-refractivity contribution in [3.8, 4) is 27.9 Å². The smallest absolute Gasteiger partial charge is 0.235 e. The number of imidazole rings is 1. The lowest BCUT2D eigenvalue weighted by atomic mass is 10.0. The number of anilines is 1. The molecule has 2 aliphatic rings. The summed E-state index contributed by atoms with van der Waals surface area (Å²) in [6, 6.07) is 14.3. The fraction of sp³-hybridized carbons (Fsp3) is 0.290. The van der Waals surface area contributed by atoms with Crippen LogP contribution < -0.4 is 4.72 Å². The van der Waals surface area contributed by atoms with Gasteiger partial charge in [-0.1, -0.05) is 6.07 Å². The lowest BCUT2D eigenvalue weighted by Crippen LogP contribution is -2.38. The summed E-state index contributed by atoms with van der Waals surface area (Å²) in [5.74, 6) is -1.43. The number of fused-ring (bicyclic) bond motifs is 1. The van der Waals surface area contributed by atoms with Crippen LogP contribution in [0.2, 0.25) is 0 Å². The van der Waals surface area contributed by atoms with Crippen molar-refractivity contribution in [2.45, 2.75) is 24.6 Å². The van der Waals surface area contributed by atoms with Crippen LogP contribution in [0, 0.1) is 11.6 Å². The van der Waals surface area contributed by atoms with E-state index < -0.39 is 26.9 Å². The van der Waals surface area contributed by atoms with E-state index in [0.717, 1.165) is 67.6 Å². The van der Waals surface area contributed by atoms with Gasteiger partial charge in [-0.3, -0.25) is 18.9 Å². The third kappa shape index (κ3) is 5.90. The quantitative estimate of drug-likeness (QED) is 0.253. The van der Waals surface area contributed by atoms with Gasteiger partial charge in [0, 0.05) is 48.7 Å². The maximum atomic E-state index is 14.8. The van der Waals surface area contributed by atoms with Crippen molar-refractivity contribution in [1.29, 1.82) is 0 Å². The first-order valence-electron chi connectivity index (χ1n) is 14.2. The van der Waals surface area contributed by atoms with Crippen molar-refractivity contribution in [2.75, 3.05) is 37.6 Å². The highest BCUT2D eigenvalue weighted by Crippen LogP contribution is 2.34. The maximum absolute atomic E-state index is 14.8. The number of benzene rings is 3. The Morgan fingerprint density at radius 3 is 2.56 bits per heavy atom. The van der Waals surface area contributed by atoms with Crippen LogP contribution in [-0.2, 0) is 21.3 Å². The standard InChI is InChI=1S/C31H30F2N6O3S/c32-24-2-5-28(29(33)16-24)22-13-25(36-43(40,41)27-3-4-27)17-26(14-22)39-20-34-30-15-21(1-6-31(30)39)23-18-35-38(19-23)8-7-37-9-11-42-12-10-37/h1-2,5-6,13-20,27,36H,3-4,7-12H2. The van der Waals surface area contributed by atoms with E-state index in [1.807, 2.05) is 39.8 Å². The topological polar surface area (TPSA) is 94.3 Å². The molecule has 1 aliphatic heterocycles. The van der Waals surface area contributed by atoms with Crippen LogP contribution in [0.5, 0.6) is 0 Å². The summed E-state index contributed by atoms with van der Waals surface area (Å²) in [5, 5.41) is 4.11. The van der Waals surface area contributed by atoms with Crippen LogP contribution in [0.25, 0.3) is 39.0 Å². The number of rotatable bonds is 9. The second-order valence-electron chi connectivity index (χ2n) is 11.0. The van der Waals surface area contributed by atoms with Gasteiger partial charge in [0.05, 0.1) is 47.9 Å². The number of aromatic nitrogens is 4. The minimum Gasteiger partial charge on any atom is -0.379 e. The molecule has 1 saturated heterocycles. The lowest BCUT2D eigenvalue weighted by Gasteiger charge is -2.26. The minimum absolute atomic E-state index is 0.160. The number of hydrogen-bond acceptors (Lipinski definition) is 6. The van der Waals surface area contributed by atoms with Crippen LogP contribution in [0.1, 0.15) is 12.8 Å². The van der Waals surface area contributed by atoms with Crippen molar-refractivity contribution in [2.24, 2.45) is 0 Å². The maximum Gasteiger partial charge on any atom is 0.235 e. The van der Waals surface area contributed by atoms with Gasteiger partial charge in [0.15, 0.2) is 0 Å². The van der Waals surface area contributed by atoms with Crippen LogP contribution in [0.15, 0.2) is 73.3 Å². The van der Waals surface area contributed by atoms with Gasteiger partial charge in [-0.05, 0) is 66.4 Å². The summed E-state index contributed by atoms with van der Waals surface area (Å²) in [5.41, 5.74) is 4.92. The summed E-state index contributed by atoms with van der Waals surface area (Å²) in [6.45, 7) is 5.10. The molecule has 43 heavy (non-hydrogen) atoms. The second-order valence-corrected chi connectivity index (χ2v) is 13.0. The number of halogens is 2. The molecule has 1 aliphatic carbocycles. The van der Waals surface area contributed by atoms with E-state index in [1.54, 1.807) is 24.5 Å². The van der Waals surface area contributed by atoms with Crippen LogP contribution in [0.3, 0.4) is 0 Å². The Morgan fingerprint density at radius 2 is 1.77 bits per heavy atom. The SMILES string of the molecule is O=S(=O)(Nc1cc(-c2ccc(F)cc2F)cc(-n2cnc3cc(-c4cnn(CCN5CCOCC5)c4)ccc32)c1)C1CC1. The third-order valence-electron chi connectivity index (χ3n) is 7.92. The molecule has 5 aromatic rings. The zero-order chi connectivity index (χ0) is 29.6. The minimum atomic E-state index is -3.57. The summed E-state index contributed by atoms with van der Waals surface area (Å²) in [7, 11) is -3.57. The van der Waals surface area contributed by atoms with Crippen molar-refractivity contribution >= 4 is 26.7 Å². The van der Waals surface area contributed by atoms with Gasteiger partial charge in [-0.2, -0.15) is 5.10 Å². The molecule has 0 bridgehead atoms. The van der Waals surface area contributed by atoms with E-state index in [2.05, 4.69) is 19.7 Å². The molecular weight excluding hydrogens is 574 g/mol. The zero-order valence-corrected chi connectivity index (χ0v) is 24.1. The molecule has 0 amide bonds. The Bertz CT molecular complexity index is 1910. The van der Waals surface area contributed by atoms with Crippen molar-refractivity contribution in [1.82, 2.24) is 24.2 Å². The largest absolute Gasteiger partial charge is 0.379 e. The summed E-state index contributed by atoms with van der Waals surface area (Å²) in [6.07, 6.45) is 6.74. The average molecular weight is 605 g/mol. The van der Waals surface area contributed by atoms with E-state index in [-0.39, 0.29) is 5.56 Å². The van der Waals surface area contributed by atoms with Crippen LogP contribution >= 0.6 is 0 Å². The highest BCUT2D eigenvalue weighted by atomic mass is 32.2. The van der Waals surface area contributed by atoms with E-state index in [9.17, 15) is 17.2 Å². The normalized spacial score (nSPS) is 16.1. The van der Waals surface area contributed by atoms with Gasteiger partial charge >= 0.3 is 0 Å². The average Bonchev–Trinajstić information content (AvgIpc) is 3.62. The van der Waals surface area contributed by atoms with Gasteiger partial charge in [-0.15, -0.1) is 0 Å². The predicted molar refractivity (Wildman–Crippen MR) is 160 cm³/mol. The van der Waals surface area contributed by atoms with E-state index >= 15 is 0 Å². The Balaban J connectivity index is 1.20. The number of ether oxygens (including phenoxy) is 1. The van der Waals surface area contributed by atoms with Crippen molar-refractivity contribution in [3.63, 3.8) is 0 Å². The Labute approximate surface area is 247 Å². The monoisotopic (exact) mass is 604 g/mol. The predicted octanol–water partition coefficient (Wildman–Crippen LogP) is 5.07. The van der Waals surface area contributed by atoms with E-state index in [1.165, 1.54) is 12.1 Å². The Morgan fingerprint density at radius 1 is 0.930 bits per heavy atom. The molecule has 3 aromatic carbocycles. The van der Waals surface area contributed by atoms with Gasteiger partial charge in [0.2, 0.25) is 10.0 Å². The molecule has 2 aromatic heterocycles. The molecule has 9 nitrogen and oxygen atoms in total. The number of morpholine rings is 1. The van der Waals surface area contributed by atoms with Crippen molar-refractivity contribution in [3.05, 3.63) is 85.0 Å². The zero-order valence-electron chi connectivity index (χ0n) is 23.3. The van der Waals surface area contributed by atoms with Gasteiger partial charge < -0.3 is 4.74 Å². The highest BCUT2D eigenvalue weighted by Gasteiger charge is 2.35. The Kier molecular flexibility index (Phi) is 7.20. The van der Waals surface area contributed by atoms with Gasteiger partial charge in [0.25, 0.3) is 0 Å². The fourth-order valence-electron chi connectivity index (χ4n) is 5.42. The van der Waals surface area contributed by atoms with Crippen LogP contribution in [-0.4, -0.2) is 70.7 Å². The van der Waals surface area contributed by atoms with E-state index in [4.69, 9.17) is 4.74 Å². The van der Waals surface area contributed by atoms with Crippen molar-refractivity contribution < 1.29 is 21.9 Å². The first kappa shape index (κ1) is 27.7.